The number of hydrogen-bond acceptors (Lipinski definition) is 5. The standard InChI is InChI=1S/C37H40F4N4O2S/c1-4-43(5-2)18-19-44(22-26-6-10-28(11-7-26)29-12-14-30(15-13-29)37(39,40)41)34(46)23-45-33-21-25(3)20-32(33)35(47)42-36(45)48-24-27-8-16-31(38)17-9-27/h6-17,25H,4-5,18-24H2,1-3H3/i8D,9D,16D,17D,20D2,21D2,25D. The van der Waals surface area contributed by atoms with Crippen molar-refractivity contribution in [2.24, 2.45) is 5.89 Å². The molecule has 1 atom stereocenters. The molecule has 0 saturated heterocycles. The van der Waals surface area contributed by atoms with Crippen molar-refractivity contribution in [2.75, 3.05) is 26.2 Å². The van der Waals surface area contributed by atoms with Crippen LogP contribution in [0.4, 0.5) is 17.6 Å². The van der Waals surface area contributed by atoms with E-state index in [0.717, 1.165) is 23.6 Å². The number of nitrogens with zero attached hydrogens (tertiary/aromatic N) is 4. The van der Waals surface area contributed by atoms with Crippen molar-refractivity contribution >= 4 is 17.7 Å². The zero-order valence-corrected chi connectivity index (χ0v) is 27.4. The van der Waals surface area contributed by atoms with Crippen LogP contribution >= 0.6 is 11.8 Å². The molecule has 0 spiro atoms. The minimum Gasteiger partial charge on any atom is -0.336 e. The van der Waals surface area contributed by atoms with Crippen molar-refractivity contribution < 1.29 is 34.7 Å². The predicted molar refractivity (Wildman–Crippen MR) is 181 cm³/mol. The Bertz CT molecular complexity index is 2190. The molecule has 0 saturated carbocycles. The molecule has 0 aliphatic heterocycles. The summed E-state index contributed by atoms with van der Waals surface area (Å²) in [4.78, 5) is 35.5. The van der Waals surface area contributed by atoms with Gasteiger partial charge in [0.05, 0.1) is 11.0 Å². The fraction of sp³-hybridized carbons (Fsp3) is 0.378. The van der Waals surface area contributed by atoms with Crippen LogP contribution in [0.15, 0.2) is 82.7 Å². The number of carbonyl (C=O) groups excluding carboxylic acids is 1. The number of carbonyl (C=O) groups is 1. The highest BCUT2D eigenvalue weighted by atomic mass is 32.2. The van der Waals surface area contributed by atoms with E-state index in [2.05, 4.69) is 9.88 Å². The van der Waals surface area contributed by atoms with E-state index in [1.165, 1.54) is 17.0 Å². The largest absolute Gasteiger partial charge is 0.416 e. The second-order valence-electron chi connectivity index (χ2n) is 11.1. The lowest BCUT2D eigenvalue weighted by Gasteiger charge is -2.28. The topological polar surface area (TPSA) is 58.4 Å². The minimum atomic E-state index is -4.48. The van der Waals surface area contributed by atoms with Crippen LogP contribution < -0.4 is 5.56 Å². The summed E-state index contributed by atoms with van der Waals surface area (Å²) in [6.07, 6.45) is -10.2. The maximum atomic E-state index is 14.5. The first-order valence-electron chi connectivity index (χ1n) is 19.8. The van der Waals surface area contributed by atoms with Crippen LogP contribution in [0, 0.1) is 11.7 Å². The van der Waals surface area contributed by atoms with Crippen molar-refractivity contribution in [1.82, 2.24) is 19.4 Å². The molecule has 0 fully saturated rings. The van der Waals surface area contributed by atoms with Crippen molar-refractivity contribution in [3.63, 3.8) is 0 Å². The summed E-state index contributed by atoms with van der Waals surface area (Å²) < 4.78 is 131. The van der Waals surface area contributed by atoms with Gasteiger partial charge in [-0.2, -0.15) is 18.2 Å². The van der Waals surface area contributed by atoms with Crippen LogP contribution in [0.2, 0.25) is 0 Å². The Kier molecular flexibility index (Phi) is 8.10. The summed E-state index contributed by atoms with van der Waals surface area (Å²) in [6, 6.07) is 8.28. The average Bonchev–Trinajstić information content (AvgIpc) is 3.27. The number of alkyl halides is 3. The molecule has 48 heavy (non-hydrogen) atoms. The van der Waals surface area contributed by atoms with E-state index in [1.54, 1.807) is 24.3 Å². The van der Waals surface area contributed by atoms with Crippen LogP contribution in [0.25, 0.3) is 11.1 Å². The normalized spacial score (nSPS) is 20.7. The van der Waals surface area contributed by atoms with Crippen LogP contribution in [0.5, 0.6) is 0 Å². The van der Waals surface area contributed by atoms with Crippen molar-refractivity contribution in [1.29, 1.82) is 0 Å². The fourth-order valence-corrected chi connectivity index (χ4v) is 6.04. The van der Waals surface area contributed by atoms with Gasteiger partial charge in [-0.15, -0.1) is 0 Å². The number of amides is 1. The lowest BCUT2D eigenvalue weighted by atomic mass is 10.0. The fourth-order valence-electron chi connectivity index (χ4n) is 5.17. The molecule has 5 rings (SSSR count). The molecule has 6 nitrogen and oxygen atoms in total. The maximum absolute atomic E-state index is 14.5. The van der Waals surface area contributed by atoms with Crippen molar-refractivity contribution in [3.8, 4) is 11.1 Å². The Labute approximate surface area is 295 Å². The molecule has 1 aliphatic rings. The number of rotatable bonds is 13. The van der Waals surface area contributed by atoms with Gasteiger partial charge in [0, 0.05) is 43.5 Å². The number of likely N-dealkylation sites (N-methyl/N-ethyl adjacent to an activating group) is 1. The van der Waals surface area contributed by atoms with Gasteiger partial charge in [-0.25, -0.2) is 4.39 Å². The van der Waals surface area contributed by atoms with Gasteiger partial charge in [0.1, 0.15) is 12.4 Å². The molecular weight excluding hydrogens is 640 g/mol. The van der Waals surface area contributed by atoms with Crippen LogP contribution in [-0.4, -0.2) is 51.4 Å². The van der Waals surface area contributed by atoms with Gasteiger partial charge in [0.2, 0.25) is 5.91 Å². The summed E-state index contributed by atoms with van der Waals surface area (Å²) in [5.41, 5.74) is -1.74. The number of benzene rings is 3. The highest BCUT2D eigenvalue weighted by Crippen LogP contribution is 2.32. The van der Waals surface area contributed by atoms with Crippen molar-refractivity contribution in [3.05, 3.63) is 117 Å². The molecule has 1 aromatic heterocycles. The summed E-state index contributed by atoms with van der Waals surface area (Å²) in [6.45, 7) is 6.14. The third-order valence-electron chi connectivity index (χ3n) is 7.86. The Morgan fingerprint density at radius 2 is 1.62 bits per heavy atom. The number of aromatic nitrogens is 2. The number of hydrogen-bond donors (Lipinski definition) is 0. The van der Waals surface area contributed by atoms with Crippen LogP contribution in [0.3, 0.4) is 0 Å². The van der Waals surface area contributed by atoms with Gasteiger partial charge in [0.15, 0.2) is 5.16 Å². The predicted octanol–water partition coefficient (Wildman–Crippen LogP) is 7.47. The number of thioether (sulfide) groups is 1. The maximum Gasteiger partial charge on any atom is 0.416 e. The molecule has 1 unspecified atom stereocenters. The average molecular weight is 690 g/mol. The molecule has 1 aliphatic carbocycles. The van der Waals surface area contributed by atoms with Gasteiger partial charge >= 0.3 is 6.18 Å². The Balaban J connectivity index is 1.55. The van der Waals surface area contributed by atoms with Gasteiger partial charge in [0.25, 0.3) is 5.56 Å². The lowest BCUT2D eigenvalue weighted by molar-refractivity contribution is -0.137. The van der Waals surface area contributed by atoms with E-state index in [0.29, 0.717) is 48.1 Å². The highest BCUT2D eigenvalue weighted by Gasteiger charge is 2.30. The Morgan fingerprint density at radius 3 is 2.23 bits per heavy atom. The summed E-state index contributed by atoms with van der Waals surface area (Å²) in [5.74, 6) is -4.96. The summed E-state index contributed by atoms with van der Waals surface area (Å²) >= 11 is 0.649. The number of fused-ring (bicyclic) bond motifs is 1. The van der Waals surface area contributed by atoms with E-state index in [4.69, 9.17) is 12.3 Å². The molecule has 0 radical (unpaired) electrons. The molecule has 1 amide bonds. The third-order valence-corrected chi connectivity index (χ3v) is 8.86. The van der Waals surface area contributed by atoms with E-state index in [-0.39, 0.29) is 23.8 Å². The molecular formula is C37H40F4N4O2S. The smallest absolute Gasteiger partial charge is 0.336 e. The van der Waals surface area contributed by atoms with E-state index in [1.807, 2.05) is 13.8 Å². The summed E-state index contributed by atoms with van der Waals surface area (Å²) in [7, 11) is 0. The third kappa shape index (κ3) is 8.73. The zero-order chi connectivity index (χ0) is 42.4. The van der Waals surface area contributed by atoms with E-state index in [9.17, 15) is 27.2 Å². The molecule has 4 aromatic rings. The molecule has 3 aromatic carbocycles. The first-order valence-corrected chi connectivity index (χ1v) is 16.3. The molecule has 254 valence electrons. The monoisotopic (exact) mass is 689 g/mol. The van der Waals surface area contributed by atoms with Crippen LogP contribution in [-0.2, 0) is 42.6 Å². The zero-order valence-electron chi connectivity index (χ0n) is 35.6. The SMILES string of the molecule is [2H]c1c([2H])c(CSc2nc(=O)c3c(n2CC(=O)N(CCN(CC)CC)Cc2ccc(-c4ccc(C(F)(F)F)cc4)cc2)C([2H])([2H])C([2H])(C)C3([2H])[2H])c([2H])c([2H])c1F. The lowest BCUT2D eigenvalue weighted by Crippen LogP contribution is -2.40. The first-order chi connectivity index (χ1) is 26.5. The minimum absolute atomic E-state index is 0.0219. The van der Waals surface area contributed by atoms with Gasteiger partial charge < -0.3 is 14.4 Å². The second kappa shape index (κ2) is 15.5. The van der Waals surface area contributed by atoms with Crippen LogP contribution in [0.1, 0.15) is 61.1 Å². The Hall–Kier alpha value is -3.96. The second-order valence-corrected chi connectivity index (χ2v) is 12.0. The molecule has 11 heteroatoms. The van der Waals surface area contributed by atoms with Gasteiger partial charge in [-0.3, -0.25) is 9.59 Å². The van der Waals surface area contributed by atoms with Crippen molar-refractivity contribution in [2.45, 2.75) is 63.7 Å². The van der Waals surface area contributed by atoms with E-state index < -0.39 is 95.4 Å². The highest BCUT2D eigenvalue weighted by molar-refractivity contribution is 7.98. The first kappa shape index (κ1) is 25.1. The van der Waals surface area contributed by atoms with Gasteiger partial charge in [-0.05, 0) is 78.2 Å². The van der Waals surface area contributed by atoms with E-state index >= 15 is 0 Å². The summed E-state index contributed by atoms with van der Waals surface area (Å²) in [5, 5.41) is -0.324. The molecule has 0 N–H and O–H groups in total. The van der Waals surface area contributed by atoms with Gasteiger partial charge in [-0.1, -0.05) is 81.0 Å². The molecule has 1 heterocycles. The quantitative estimate of drug-likeness (QED) is 0.0829. The number of halogens is 4. The Morgan fingerprint density at radius 1 is 1.00 bits per heavy atom. The molecule has 0 bridgehead atoms.